The molecule has 0 atom stereocenters. The molecule has 0 unspecified atom stereocenters. The molecule has 94 valence electrons. The molecule has 0 saturated carbocycles. The summed E-state index contributed by atoms with van der Waals surface area (Å²) in [7, 11) is 0. The number of piperidine rings is 1. The van der Waals surface area contributed by atoms with Crippen LogP contribution in [0.1, 0.15) is 19.3 Å². The van der Waals surface area contributed by atoms with Crippen LogP contribution in [0.15, 0.2) is 24.3 Å². The van der Waals surface area contributed by atoms with Crippen LogP contribution in [0.4, 0.5) is 10.8 Å². The lowest BCUT2D eigenvalue weighted by molar-refractivity contribution is 0.575. The SMILES string of the molecule is Nc1cccc(-c2nnc(N3CCCCC3)s2)c1. The van der Waals surface area contributed by atoms with Gasteiger partial charge >= 0.3 is 0 Å². The third-order valence-electron chi connectivity index (χ3n) is 3.17. The third kappa shape index (κ3) is 2.31. The van der Waals surface area contributed by atoms with Crippen LogP contribution in [-0.2, 0) is 0 Å². The number of rotatable bonds is 2. The Kier molecular flexibility index (Phi) is 3.15. The summed E-state index contributed by atoms with van der Waals surface area (Å²) in [6, 6.07) is 7.81. The molecule has 5 heteroatoms. The molecular weight excluding hydrogens is 244 g/mol. The van der Waals surface area contributed by atoms with E-state index >= 15 is 0 Å². The van der Waals surface area contributed by atoms with E-state index < -0.39 is 0 Å². The lowest BCUT2D eigenvalue weighted by atomic mass is 10.1. The summed E-state index contributed by atoms with van der Waals surface area (Å²) < 4.78 is 0. The molecular formula is C13H16N4S. The summed E-state index contributed by atoms with van der Waals surface area (Å²) in [6.07, 6.45) is 3.85. The number of nitrogens with two attached hydrogens (primary N) is 1. The van der Waals surface area contributed by atoms with Gasteiger partial charge in [0, 0.05) is 24.3 Å². The Morgan fingerprint density at radius 3 is 2.72 bits per heavy atom. The van der Waals surface area contributed by atoms with Crippen molar-refractivity contribution in [1.29, 1.82) is 0 Å². The van der Waals surface area contributed by atoms with E-state index in [2.05, 4.69) is 15.1 Å². The predicted octanol–water partition coefficient (Wildman–Crippen LogP) is 2.78. The van der Waals surface area contributed by atoms with E-state index in [9.17, 15) is 0 Å². The standard InChI is InChI=1S/C13H16N4S/c14-11-6-4-5-10(9-11)12-15-16-13(18-12)17-7-2-1-3-8-17/h4-6,9H,1-3,7-8,14H2. The fraction of sp³-hybridized carbons (Fsp3) is 0.385. The van der Waals surface area contributed by atoms with Gasteiger partial charge in [-0.1, -0.05) is 23.5 Å². The molecule has 0 aliphatic carbocycles. The van der Waals surface area contributed by atoms with Gasteiger partial charge in [0.1, 0.15) is 5.01 Å². The molecule has 2 aromatic rings. The molecule has 3 rings (SSSR count). The van der Waals surface area contributed by atoms with Crippen LogP contribution >= 0.6 is 11.3 Å². The van der Waals surface area contributed by atoms with Crippen molar-refractivity contribution in [2.75, 3.05) is 23.7 Å². The summed E-state index contributed by atoms with van der Waals surface area (Å²) in [5.74, 6) is 0. The first-order valence-corrected chi connectivity index (χ1v) is 7.09. The second kappa shape index (κ2) is 4.94. The Morgan fingerprint density at radius 1 is 1.11 bits per heavy atom. The second-order valence-electron chi connectivity index (χ2n) is 4.56. The van der Waals surface area contributed by atoms with Gasteiger partial charge in [-0.15, -0.1) is 10.2 Å². The number of nitrogen functional groups attached to an aromatic ring is 1. The minimum atomic E-state index is 0.766. The number of nitrogens with zero attached hydrogens (tertiary/aromatic N) is 3. The van der Waals surface area contributed by atoms with Gasteiger partial charge in [0.05, 0.1) is 0 Å². The largest absolute Gasteiger partial charge is 0.399 e. The number of hydrogen-bond donors (Lipinski definition) is 1. The molecule has 1 saturated heterocycles. The lowest BCUT2D eigenvalue weighted by Crippen LogP contribution is -2.29. The van der Waals surface area contributed by atoms with Gasteiger partial charge in [0.2, 0.25) is 5.13 Å². The maximum Gasteiger partial charge on any atom is 0.208 e. The minimum Gasteiger partial charge on any atom is -0.399 e. The average Bonchev–Trinajstić information content (AvgIpc) is 2.89. The molecule has 0 spiro atoms. The van der Waals surface area contributed by atoms with Crippen molar-refractivity contribution in [2.45, 2.75) is 19.3 Å². The van der Waals surface area contributed by atoms with Gasteiger partial charge in [0.15, 0.2) is 0 Å². The Labute approximate surface area is 110 Å². The zero-order chi connectivity index (χ0) is 12.4. The van der Waals surface area contributed by atoms with E-state index in [-0.39, 0.29) is 0 Å². The highest BCUT2D eigenvalue weighted by molar-refractivity contribution is 7.18. The second-order valence-corrected chi connectivity index (χ2v) is 5.52. The summed E-state index contributed by atoms with van der Waals surface area (Å²) >= 11 is 1.65. The highest BCUT2D eigenvalue weighted by Gasteiger charge is 2.15. The van der Waals surface area contributed by atoms with Gasteiger partial charge in [-0.3, -0.25) is 0 Å². The summed E-state index contributed by atoms with van der Waals surface area (Å²) in [4.78, 5) is 2.33. The Hall–Kier alpha value is -1.62. The Morgan fingerprint density at radius 2 is 1.94 bits per heavy atom. The average molecular weight is 260 g/mol. The van der Waals surface area contributed by atoms with E-state index in [1.54, 1.807) is 11.3 Å². The van der Waals surface area contributed by atoms with Crippen molar-refractivity contribution in [1.82, 2.24) is 10.2 Å². The van der Waals surface area contributed by atoms with Crippen molar-refractivity contribution < 1.29 is 0 Å². The first-order chi connectivity index (χ1) is 8.83. The first-order valence-electron chi connectivity index (χ1n) is 6.27. The first kappa shape index (κ1) is 11.5. The van der Waals surface area contributed by atoms with E-state index in [0.717, 1.165) is 34.5 Å². The maximum atomic E-state index is 5.79. The predicted molar refractivity (Wildman–Crippen MR) is 75.8 cm³/mol. The lowest BCUT2D eigenvalue weighted by Gasteiger charge is -2.25. The third-order valence-corrected chi connectivity index (χ3v) is 4.21. The van der Waals surface area contributed by atoms with Crippen LogP contribution in [0.25, 0.3) is 10.6 Å². The summed E-state index contributed by atoms with van der Waals surface area (Å²) in [5.41, 5.74) is 7.61. The van der Waals surface area contributed by atoms with E-state index in [1.807, 2.05) is 24.3 Å². The van der Waals surface area contributed by atoms with E-state index in [1.165, 1.54) is 19.3 Å². The molecule has 0 amide bonds. The zero-order valence-electron chi connectivity index (χ0n) is 10.2. The highest BCUT2D eigenvalue weighted by Crippen LogP contribution is 2.30. The van der Waals surface area contributed by atoms with Crippen molar-refractivity contribution in [3.8, 4) is 10.6 Å². The molecule has 1 fully saturated rings. The normalized spacial score (nSPS) is 15.9. The van der Waals surface area contributed by atoms with Gasteiger partial charge in [0.25, 0.3) is 0 Å². The molecule has 2 heterocycles. The monoisotopic (exact) mass is 260 g/mol. The van der Waals surface area contributed by atoms with Crippen LogP contribution in [0.3, 0.4) is 0 Å². The minimum absolute atomic E-state index is 0.766. The molecule has 0 bridgehead atoms. The van der Waals surface area contributed by atoms with Gasteiger partial charge in [-0.05, 0) is 31.4 Å². The zero-order valence-corrected chi connectivity index (χ0v) is 11.0. The molecule has 1 aliphatic rings. The molecule has 18 heavy (non-hydrogen) atoms. The fourth-order valence-electron chi connectivity index (χ4n) is 2.22. The molecule has 2 N–H and O–H groups in total. The molecule has 1 aromatic carbocycles. The molecule has 1 aromatic heterocycles. The molecule has 1 aliphatic heterocycles. The van der Waals surface area contributed by atoms with Crippen molar-refractivity contribution in [3.63, 3.8) is 0 Å². The van der Waals surface area contributed by atoms with Crippen molar-refractivity contribution in [2.24, 2.45) is 0 Å². The van der Waals surface area contributed by atoms with Crippen LogP contribution in [0.5, 0.6) is 0 Å². The summed E-state index contributed by atoms with van der Waals surface area (Å²) in [6.45, 7) is 2.21. The van der Waals surface area contributed by atoms with Crippen molar-refractivity contribution >= 4 is 22.2 Å². The Bertz CT molecular complexity index is 531. The van der Waals surface area contributed by atoms with Gasteiger partial charge in [-0.2, -0.15) is 0 Å². The quantitative estimate of drug-likeness (QED) is 0.844. The van der Waals surface area contributed by atoms with Crippen LogP contribution in [0, 0.1) is 0 Å². The maximum absolute atomic E-state index is 5.79. The fourth-order valence-corrected chi connectivity index (χ4v) is 3.11. The molecule has 0 radical (unpaired) electrons. The van der Waals surface area contributed by atoms with Crippen LogP contribution in [-0.4, -0.2) is 23.3 Å². The highest BCUT2D eigenvalue weighted by atomic mass is 32.1. The van der Waals surface area contributed by atoms with E-state index in [4.69, 9.17) is 5.73 Å². The van der Waals surface area contributed by atoms with Gasteiger partial charge in [-0.25, -0.2) is 0 Å². The number of benzene rings is 1. The van der Waals surface area contributed by atoms with Crippen molar-refractivity contribution in [3.05, 3.63) is 24.3 Å². The smallest absolute Gasteiger partial charge is 0.208 e. The van der Waals surface area contributed by atoms with Crippen LogP contribution < -0.4 is 10.6 Å². The topological polar surface area (TPSA) is 55.0 Å². The van der Waals surface area contributed by atoms with Crippen LogP contribution in [0.2, 0.25) is 0 Å². The number of anilines is 2. The summed E-state index contributed by atoms with van der Waals surface area (Å²) in [5, 5.41) is 10.6. The van der Waals surface area contributed by atoms with Gasteiger partial charge < -0.3 is 10.6 Å². The molecule has 4 nitrogen and oxygen atoms in total. The number of hydrogen-bond acceptors (Lipinski definition) is 5. The Balaban J connectivity index is 1.84. The van der Waals surface area contributed by atoms with E-state index in [0.29, 0.717) is 0 Å². The number of aromatic nitrogens is 2.